The van der Waals surface area contributed by atoms with Crippen molar-refractivity contribution in [3.63, 3.8) is 0 Å². The predicted octanol–water partition coefficient (Wildman–Crippen LogP) is 3.70. The molecule has 0 spiro atoms. The van der Waals surface area contributed by atoms with Crippen LogP contribution in [0.5, 0.6) is 0 Å². The number of unbranched alkanes of at least 4 members (excludes halogenated alkanes) is 4. The van der Waals surface area contributed by atoms with E-state index in [1.165, 1.54) is 0 Å². The molecule has 4 nitrogen and oxygen atoms in total. The third-order valence-corrected chi connectivity index (χ3v) is 2.70. The standard InChI is InChI=1S/C15H26O4/c1-2-3-4-5-6-10-13-19-15(18)12-9-7-8-11-14(16)17/h3-4H,2,5-13H2,1H3,(H,16,17). The molecule has 0 aromatic heterocycles. The van der Waals surface area contributed by atoms with Crippen LogP contribution in [0.25, 0.3) is 0 Å². The summed E-state index contributed by atoms with van der Waals surface area (Å²) >= 11 is 0. The Balaban J connectivity index is 3.25. The van der Waals surface area contributed by atoms with Crippen molar-refractivity contribution in [2.75, 3.05) is 6.61 Å². The molecule has 0 bridgehead atoms. The zero-order valence-corrected chi connectivity index (χ0v) is 11.9. The number of allylic oxidation sites excluding steroid dienone is 2. The van der Waals surface area contributed by atoms with Crippen molar-refractivity contribution in [1.82, 2.24) is 0 Å². The van der Waals surface area contributed by atoms with Gasteiger partial charge in [0, 0.05) is 12.8 Å². The molecule has 110 valence electrons. The van der Waals surface area contributed by atoms with Gasteiger partial charge in [0.1, 0.15) is 0 Å². The van der Waals surface area contributed by atoms with Crippen LogP contribution in [0, 0.1) is 0 Å². The first-order valence-electron chi connectivity index (χ1n) is 7.19. The normalized spacial score (nSPS) is 10.8. The average Bonchev–Trinajstić information content (AvgIpc) is 2.37. The summed E-state index contributed by atoms with van der Waals surface area (Å²) in [6.45, 7) is 2.60. The summed E-state index contributed by atoms with van der Waals surface area (Å²) in [5, 5.41) is 8.45. The van der Waals surface area contributed by atoms with Gasteiger partial charge in [0.2, 0.25) is 0 Å². The number of aliphatic carboxylic acids is 1. The lowest BCUT2D eigenvalue weighted by Crippen LogP contribution is -2.05. The van der Waals surface area contributed by atoms with Gasteiger partial charge in [0.25, 0.3) is 0 Å². The molecule has 0 aliphatic heterocycles. The van der Waals surface area contributed by atoms with Crippen LogP contribution in [0.1, 0.15) is 64.7 Å². The second-order valence-electron chi connectivity index (χ2n) is 4.55. The molecule has 1 N–H and O–H groups in total. The fourth-order valence-electron chi connectivity index (χ4n) is 1.63. The number of carbonyl (C=O) groups is 2. The second kappa shape index (κ2) is 13.1. The van der Waals surface area contributed by atoms with E-state index in [1.807, 2.05) is 0 Å². The van der Waals surface area contributed by atoms with Crippen molar-refractivity contribution in [1.29, 1.82) is 0 Å². The van der Waals surface area contributed by atoms with E-state index in [9.17, 15) is 9.59 Å². The van der Waals surface area contributed by atoms with Gasteiger partial charge >= 0.3 is 11.9 Å². The fourth-order valence-corrected chi connectivity index (χ4v) is 1.63. The van der Waals surface area contributed by atoms with Crippen molar-refractivity contribution in [2.45, 2.75) is 64.7 Å². The molecule has 0 saturated heterocycles. The zero-order chi connectivity index (χ0) is 14.3. The molecule has 0 fully saturated rings. The number of hydrogen-bond donors (Lipinski definition) is 1. The van der Waals surface area contributed by atoms with Crippen LogP contribution in [-0.4, -0.2) is 23.7 Å². The molecule has 0 aromatic carbocycles. The van der Waals surface area contributed by atoms with E-state index >= 15 is 0 Å². The summed E-state index contributed by atoms with van der Waals surface area (Å²) in [5.74, 6) is -0.945. The highest BCUT2D eigenvalue weighted by Gasteiger charge is 2.03. The number of rotatable bonds is 12. The minimum Gasteiger partial charge on any atom is -0.481 e. The number of ether oxygens (including phenoxy) is 1. The van der Waals surface area contributed by atoms with Gasteiger partial charge in [-0.3, -0.25) is 9.59 Å². The number of carboxylic acids is 1. The first-order valence-corrected chi connectivity index (χ1v) is 7.19. The molecule has 0 unspecified atom stereocenters. The van der Waals surface area contributed by atoms with E-state index in [0.717, 1.165) is 32.1 Å². The largest absolute Gasteiger partial charge is 0.481 e. The number of carbonyl (C=O) groups excluding carboxylic acids is 1. The molecule has 0 aliphatic rings. The Bertz CT molecular complexity index is 271. The highest BCUT2D eigenvalue weighted by Crippen LogP contribution is 2.05. The molecule has 0 atom stereocenters. The average molecular weight is 270 g/mol. The van der Waals surface area contributed by atoms with Crippen LogP contribution in [0.3, 0.4) is 0 Å². The molecule has 0 rings (SSSR count). The summed E-state index contributed by atoms with van der Waals surface area (Å²) in [6.07, 6.45) is 11.0. The fraction of sp³-hybridized carbons (Fsp3) is 0.733. The van der Waals surface area contributed by atoms with Crippen LogP contribution in [0.4, 0.5) is 0 Å². The van der Waals surface area contributed by atoms with Crippen molar-refractivity contribution in [3.05, 3.63) is 12.2 Å². The Kier molecular flexibility index (Phi) is 12.2. The van der Waals surface area contributed by atoms with E-state index in [2.05, 4.69) is 19.1 Å². The van der Waals surface area contributed by atoms with E-state index in [0.29, 0.717) is 25.9 Å². The third-order valence-electron chi connectivity index (χ3n) is 2.70. The smallest absolute Gasteiger partial charge is 0.305 e. The van der Waals surface area contributed by atoms with E-state index < -0.39 is 5.97 Å². The Morgan fingerprint density at radius 2 is 1.74 bits per heavy atom. The topological polar surface area (TPSA) is 63.6 Å². The highest BCUT2D eigenvalue weighted by molar-refractivity contribution is 5.69. The molecule has 0 aliphatic carbocycles. The maximum atomic E-state index is 11.3. The molecular weight excluding hydrogens is 244 g/mol. The van der Waals surface area contributed by atoms with Crippen LogP contribution in [0.15, 0.2) is 12.2 Å². The summed E-state index contributed by atoms with van der Waals surface area (Å²) in [7, 11) is 0. The molecule has 0 heterocycles. The highest BCUT2D eigenvalue weighted by atomic mass is 16.5. The summed E-state index contributed by atoms with van der Waals surface area (Å²) in [5.41, 5.74) is 0. The summed E-state index contributed by atoms with van der Waals surface area (Å²) in [4.78, 5) is 21.6. The van der Waals surface area contributed by atoms with Gasteiger partial charge in [0.05, 0.1) is 6.61 Å². The maximum Gasteiger partial charge on any atom is 0.305 e. The summed E-state index contributed by atoms with van der Waals surface area (Å²) < 4.78 is 5.10. The maximum absolute atomic E-state index is 11.3. The molecule has 0 amide bonds. The minimum absolute atomic E-state index is 0.167. The lowest BCUT2D eigenvalue weighted by Gasteiger charge is -2.04. The van der Waals surface area contributed by atoms with Gasteiger partial charge in [-0.1, -0.05) is 25.5 Å². The lowest BCUT2D eigenvalue weighted by atomic mass is 10.1. The lowest BCUT2D eigenvalue weighted by molar-refractivity contribution is -0.143. The molecule has 0 radical (unpaired) electrons. The van der Waals surface area contributed by atoms with Gasteiger partial charge in [-0.05, 0) is 38.5 Å². The first-order chi connectivity index (χ1) is 9.16. The van der Waals surface area contributed by atoms with E-state index in [4.69, 9.17) is 9.84 Å². The van der Waals surface area contributed by atoms with Crippen molar-refractivity contribution in [2.24, 2.45) is 0 Å². The zero-order valence-electron chi connectivity index (χ0n) is 11.9. The molecule has 0 saturated carbocycles. The Morgan fingerprint density at radius 3 is 2.42 bits per heavy atom. The van der Waals surface area contributed by atoms with Crippen molar-refractivity contribution < 1.29 is 19.4 Å². The Labute approximate surface area is 115 Å². The number of carboxylic acid groups (broad SMARTS) is 1. The molecule has 0 aromatic rings. The van der Waals surface area contributed by atoms with Gasteiger partial charge < -0.3 is 9.84 Å². The minimum atomic E-state index is -0.778. The van der Waals surface area contributed by atoms with Gasteiger partial charge in [-0.2, -0.15) is 0 Å². The van der Waals surface area contributed by atoms with Crippen LogP contribution in [-0.2, 0) is 14.3 Å². The van der Waals surface area contributed by atoms with Crippen molar-refractivity contribution >= 4 is 11.9 Å². The SMILES string of the molecule is CCC=CCCCCOC(=O)CCCCCC(=O)O. The van der Waals surface area contributed by atoms with Crippen LogP contribution in [0.2, 0.25) is 0 Å². The Morgan fingerprint density at radius 1 is 1.00 bits per heavy atom. The number of esters is 1. The molecule has 19 heavy (non-hydrogen) atoms. The first kappa shape index (κ1) is 17.7. The second-order valence-corrected chi connectivity index (χ2v) is 4.55. The van der Waals surface area contributed by atoms with E-state index in [1.54, 1.807) is 0 Å². The van der Waals surface area contributed by atoms with Crippen LogP contribution < -0.4 is 0 Å². The third kappa shape index (κ3) is 14.6. The van der Waals surface area contributed by atoms with E-state index in [-0.39, 0.29) is 12.4 Å². The van der Waals surface area contributed by atoms with Crippen LogP contribution >= 0.6 is 0 Å². The molecular formula is C15H26O4. The summed E-state index contributed by atoms with van der Waals surface area (Å²) in [6, 6.07) is 0. The van der Waals surface area contributed by atoms with Gasteiger partial charge in [0.15, 0.2) is 0 Å². The number of hydrogen-bond acceptors (Lipinski definition) is 3. The van der Waals surface area contributed by atoms with Gasteiger partial charge in [-0.15, -0.1) is 0 Å². The predicted molar refractivity (Wildman–Crippen MR) is 75.0 cm³/mol. The van der Waals surface area contributed by atoms with Crippen molar-refractivity contribution in [3.8, 4) is 0 Å². The molecule has 4 heteroatoms. The Hall–Kier alpha value is -1.32. The monoisotopic (exact) mass is 270 g/mol. The quantitative estimate of drug-likeness (QED) is 0.333. The van der Waals surface area contributed by atoms with Gasteiger partial charge in [-0.25, -0.2) is 0 Å².